The molecule has 5 rings (SSSR count). The normalized spacial score (nSPS) is 15.1. The van der Waals surface area contributed by atoms with Crippen LogP contribution in [-0.2, 0) is 4.79 Å². The Morgan fingerprint density at radius 1 is 0.943 bits per heavy atom. The van der Waals surface area contributed by atoms with Gasteiger partial charge in [0.2, 0.25) is 5.91 Å². The van der Waals surface area contributed by atoms with Gasteiger partial charge in [-0.2, -0.15) is 5.10 Å². The molecule has 2 amide bonds. The predicted molar refractivity (Wildman–Crippen MR) is 134 cm³/mol. The number of aromatic nitrogens is 2. The molecular weight excluding hydrogens is 442 g/mol. The van der Waals surface area contributed by atoms with Gasteiger partial charge in [-0.05, 0) is 23.8 Å². The van der Waals surface area contributed by atoms with Crippen molar-refractivity contribution >= 4 is 28.4 Å². The van der Waals surface area contributed by atoms with Gasteiger partial charge in [-0.15, -0.1) is 0 Å². The minimum atomic E-state index is -0.481. The summed E-state index contributed by atoms with van der Waals surface area (Å²) in [6, 6.07) is 24.2. The quantitative estimate of drug-likeness (QED) is 0.449. The number of ether oxygens (including phenoxy) is 1. The molecule has 4 aromatic rings. The van der Waals surface area contributed by atoms with E-state index in [-0.39, 0.29) is 11.8 Å². The maximum atomic E-state index is 13.5. The molecule has 178 valence electrons. The molecule has 1 aromatic heterocycles. The number of hydrogen-bond donors (Lipinski definition) is 2. The van der Waals surface area contributed by atoms with Gasteiger partial charge in [-0.3, -0.25) is 19.6 Å². The summed E-state index contributed by atoms with van der Waals surface area (Å²) in [4.78, 5) is 30.6. The van der Waals surface area contributed by atoms with Crippen LogP contribution < -0.4 is 10.1 Å². The number of piperazine rings is 1. The van der Waals surface area contributed by atoms with Crippen LogP contribution in [0.25, 0.3) is 10.9 Å². The van der Waals surface area contributed by atoms with Crippen LogP contribution in [-0.4, -0.2) is 65.1 Å². The zero-order chi connectivity index (χ0) is 24.2. The molecule has 0 bridgehead atoms. The summed E-state index contributed by atoms with van der Waals surface area (Å²) in [5, 5.41) is 11.0. The second kappa shape index (κ2) is 9.99. The second-order valence-corrected chi connectivity index (χ2v) is 8.48. The van der Waals surface area contributed by atoms with E-state index in [1.54, 1.807) is 18.1 Å². The zero-order valence-corrected chi connectivity index (χ0v) is 19.5. The number of para-hydroxylation sites is 1. The van der Waals surface area contributed by atoms with Crippen molar-refractivity contribution < 1.29 is 14.3 Å². The first-order chi connectivity index (χ1) is 17.1. The van der Waals surface area contributed by atoms with E-state index in [1.165, 1.54) is 0 Å². The molecule has 2 heterocycles. The van der Waals surface area contributed by atoms with Gasteiger partial charge in [-0.25, -0.2) is 0 Å². The standard InChI is InChI=1S/C27H27N5O3/c1-35-21-11-7-10-20(18-21)28-26(33)25(19-8-3-2-4-9-19)31-14-16-32(17-15-31)27(34)24-22-12-5-6-13-23(22)29-30-24/h2-13,18,25H,14-17H2,1H3,(H,28,33)(H,29,30). The summed E-state index contributed by atoms with van der Waals surface area (Å²) in [5.41, 5.74) is 2.86. The van der Waals surface area contributed by atoms with Crippen molar-refractivity contribution in [2.24, 2.45) is 0 Å². The van der Waals surface area contributed by atoms with Crippen LogP contribution >= 0.6 is 0 Å². The topological polar surface area (TPSA) is 90.6 Å². The predicted octanol–water partition coefficient (Wildman–Crippen LogP) is 3.71. The number of fused-ring (bicyclic) bond motifs is 1. The molecule has 8 nitrogen and oxygen atoms in total. The van der Waals surface area contributed by atoms with Gasteiger partial charge in [0.25, 0.3) is 5.91 Å². The van der Waals surface area contributed by atoms with Crippen molar-refractivity contribution in [2.75, 3.05) is 38.6 Å². The average molecular weight is 470 g/mol. The van der Waals surface area contributed by atoms with E-state index in [9.17, 15) is 9.59 Å². The molecule has 1 aliphatic rings. The number of benzene rings is 3. The Bertz CT molecular complexity index is 1330. The summed E-state index contributed by atoms with van der Waals surface area (Å²) in [6.07, 6.45) is 0. The minimum Gasteiger partial charge on any atom is -0.497 e. The van der Waals surface area contributed by atoms with Gasteiger partial charge in [0.15, 0.2) is 5.69 Å². The Morgan fingerprint density at radius 2 is 1.69 bits per heavy atom. The Kier molecular flexibility index (Phi) is 6.45. The molecule has 1 fully saturated rings. The van der Waals surface area contributed by atoms with Crippen LogP contribution in [0.1, 0.15) is 22.1 Å². The smallest absolute Gasteiger partial charge is 0.275 e. The first kappa shape index (κ1) is 22.6. The van der Waals surface area contributed by atoms with Crippen molar-refractivity contribution in [3.8, 4) is 5.75 Å². The van der Waals surface area contributed by atoms with Crippen LogP contribution in [0.3, 0.4) is 0 Å². The fourth-order valence-corrected chi connectivity index (χ4v) is 4.53. The number of aromatic amines is 1. The number of nitrogens with one attached hydrogen (secondary N) is 2. The van der Waals surface area contributed by atoms with Gasteiger partial charge < -0.3 is 15.0 Å². The largest absolute Gasteiger partial charge is 0.497 e. The Balaban J connectivity index is 1.32. The van der Waals surface area contributed by atoms with Gasteiger partial charge in [0, 0.05) is 43.3 Å². The van der Waals surface area contributed by atoms with E-state index in [4.69, 9.17) is 4.74 Å². The maximum Gasteiger partial charge on any atom is 0.275 e. The fraction of sp³-hybridized carbons (Fsp3) is 0.222. The van der Waals surface area contributed by atoms with Crippen LogP contribution in [0.15, 0.2) is 78.9 Å². The molecule has 1 atom stereocenters. The summed E-state index contributed by atoms with van der Waals surface area (Å²) < 4.78 is 5.28. The lowest BCUT2D eigenvalue weighted by Gasteiger charge is -2.38. The molecule has 8 heteroatoms. The third kappa shape index (κ3) is 4.74. The number of carbonyl (C=O) groups is 2. The SMILES string of the molecule is COc1cccc(NC(=O)C(c2ccccc2)N2CCN(C(=O)c3n[nH]c4ccccc34)CC2)c1. The summed E-state index contributed by atoms with van der Waals surface area (Å²) in [5.74, 6) is 0.457. The lowest BCUT2D eigenvalue weighted by atomic mass is 10.0. The molecule has 2 N–H and O–H groups in total. The second-order valence-electron chi connectivity index (χ2n) is 8.48. The summed E-state index contributed by atoms with van der Waals surface area (Å²) >= 11 is 0. The molecule has 0 radical (unpaired) electrons. The molecule has 1 aliphatic heterocycles. The highest BCUT2D eigenvalue weighted by Crippen LogP contribution is 2.26. The lowest BCUT2D eigenvalue weighted by molar-refractivity contribution is -0.122. The molecular formula is C27H27N5O3. The third-order valence-corrected chi connectivity index (χ3v) is 6.34. The Labute approximate surface area is 203 Å². The summed E-state index contributed by atoms with van der Waals surface area (Å²) in [7, 11) is 1.60. The molecule has 35 heavy (non-hydrogen) atoms. The molecule has 1 saturated heterocycles. The van der Waals surface area contributed by atoms with Gasteiger partial charge >= 0.3 is 0 Å². The van der Waals surface area contributed by atoms with Gasteiger partial charge in [0.05, 0.1) is 12.6 Å². The number of carbonyl (C=O) groups excluding carboxylic acids is 2. The van der Waals surface area contributed by atoms with Crippen LogP contribution in [0.2, 0.25) is 0 Å². The van der Waals surface area contributed by atoms with E-state index >= 15 is 0 Å². The van der Waals surface area contributed by atoms with E-state index in [2.05, 4.69) is 20.4 Å². The Hall–Kier alpha value is -4.17. The third-order valence-electron chi connectivity index (χ3n) is 6.34. The number of hydrogen-bond acceptors (Lipinski definition) is 5. The monoisotopic (exact) mass is 469 g/mol. The molecule has 0 aliphatic carbocycles. The van der Waals surface area contributed by atoms with Crippen molar-refractivity contribution in [2.45, 2.75) is 6.04 Å². The molecule has 0 spiro atoms. The van der Waals surface area contributed by atoms with Crippen LogP contribution in [0, 0.1) is 0 Å². The summed E-state index contributed by atoms with van der Waals surface area (Å²) in [6.45, 7) is 2.16. The Morgan fingerprint density at radius 3 is 2.46 bits per heavy atom. The van der Waals surface area contributed by atoms with Crippen molar-refractivity contribution in [3.63, 3.8) is 0 Å². The maximum absolute atomic E-state index is 13.5. The van der Waals surface area contributed by atoms with E-state index < -0.39 is 6.04 Å². The van der Waals surface area contributed by atoms with E-state index in [0.717, 1.165) is 16.5 Å². The van der Waals surface area contributed by atoms with Crippen LogP contribution in [0.5, 0.6) is 5.75 Å². The number of nitrogens with zero attached hydrogens (tertiary/aromatic N) is 3. The highest BCUT2D eigenvalue weighted by Gasteiger charge is 2.32. The van der Waals surface area contributed by atoms with Crippen molar-refractivity contribution in [3.05, 3.63) is 90.1 Å². The molecule has 0 saturated carbocycles. The highest BCUT2D eigenvalue weighted by molar-refractivity contribution is 6.04. The highest BCUT2D eigenvalue weighted by atomic mass is 16.5. The molecule has 1 unspecified atom stereocenters. The van der Waals surface area contributed by atoms with E-state index in [1.807, 2.05) is 72.8 Å². The number of rotatable bonds is 6. The van der Waals surface area contributed by atoms with Gasteiger partial charge in [-0.1, -0.05) is 54.6 Å². The van der Waals surface area contributed by atoms with Gasteiger partial charge in [0.1, 0.15) is 11.8 Å². The van der Waals surface area contributed by atoms with Crippen molar-refractivity contribution in [1.82, 2.24) is 20.0 Å². The first-order valence-electron chi connectivity index (χ1n) is 11.6. The zero-order valence-electron chi connectivity index (χ0n) is 19.5. The number of amides is 2. The fourth-order valence-electron chi connectivity index (χ4n) is 4.53. The number of methoxy groups -OCH3 is 1. The van der Waals surface area contributed by atoms with Crippen LogP contribution in [0.4, 0.5) is 5.69 Å². The van der Waals surface area contributed by atoms with Crippen molar-refractivity contribution in [1.29, 1.82) is 0 Å². The number of anilines is 1. The minimum absolute atomic E-state index is 0.0980. The first-order valence-corrected chi connectivity index (χ1v) is 11.6. The lowest BCUT2D eigenvalue weighted by Crippen LogP contribution is -2.51. The van der Waals surface area contributed by atoms with E-state index in [0.29, 0.717) is 43.3 Å². The molecule has 3 aromatic carbocycles. The number of H-pyrrole nitrogens is 1. The average Bonchev–Trinajstić information content (AvgIpc) is 3.34.